The Kier molecular flexibility index (Phi) is 7.61. The summed E-state index contributed by atoms with van der Waals surface area (Å²) in [4.78, 5) is 52.8. The minimum absolute atomic E-state index is 0.0787. The molecule has 186 valence electrons. The maximum atomic E-state index is 13.4. The summed E-state index contributed by atoms with van der Waals surface area (Å²) in [5.74, 6) is -1.18. The highest BCUT2D eigenvalue weighted by Crippen LogP contribution is 2.37. The molecule has 0 aliphatic carbocycles. The zero-order valence-electron chi connectivity index (χ0n) is 20.2. The molecule has 7 nitrogen and oxygen atoms in total. The number of benzene rings is 2. The number of nitrogens with zero attached hydrogens (tertiary/aromatic N) is 2. The molecule has 0 aliphatic rings. The number of carbonyl (C=O) groups excluding carboxylic acids is 1. The van der Waals surface area contributed by atoms with Gasteiger partial charge in [0, 0.05) is 21.8 Å². The fourth-order valence-corrected chi connectivity index (χ4v) is 6.17. The number of hydrogen-bond acceptors (Lipinski definition) is 6. The molecule has 4 aromatic rings. The van der Waals surface area contributed by atoms with Gasteiger partial charge >= 0.3 is 11.7 Å². The first-order valence-electron chi connectivity index (χ1n) is 11.5. The molecule has 0 atom stereocenters. The van der Waals surface area contributed by atoms with E-state index in [-0.39, 0.29) is 12.3 Å². The van der Waals surface area contributed by atoms with E-state index in [2.05, 4.69) is 0 Å². The van der Waals surface area contributed by atoms with Crippen molar-refractivity contribution < 1.29 is 14.7 Å². The Bertz CT molecular complexity index is 1580. The predicted molar refractivity (Wildman–Crippen MR) is 145 cm³/mol. The van der Waals surface area contributed by atoms with Crippen molar-refractivity contribution in [3.05, 3.63) is 86.1 Å². The zero-order valence-corrected chi connectivity index (χ0v) is 21.9. The predicted octanol–water partition coefficient (Wildman–Crippen LogP) is 5.04. The number of thiophene rings is 1. The van der Waals surface area contributed by atoms with Crippen LogP contribution in [0.25, 0.3) is 20.7 Å². The fraction of sp³-hybridized carbons (Fsp3) is 0.259. The van der Waals surface area contributed by atoms with Gasteiger partial charge < -0.3 is 5.11 Å². The third kappa shape index (κ3) is 4.81. The van der Waals surface area contributed by atoms with Crippen LogP contribution in [0.5, 0.6) is 0 Å². The standard InChI is InChI=1S/C27H26N2O5S2/c1-4-7-20(30)17-10-12-18(13-11-17)24-16(2)23-25(33)28(15-22(31)32)27(34)29(26(23)36-24)14-19-8-5-6-9-21(19)35-3/h5-6,8-13H,4,7,14-15H2,1-3H3,(H,31,32). The second-order valence-electron chi connectivity index (χ2n) is 8.45. The Labute approximate surface area is 216 Å². The first kappa shape index (κ1) is 25.7. The average Bonchev–Trinajstić information content (AvgIpc) is 3.21. The molecule has 4 rings (SSSR count). The van der Waals surface area contributed by atoms with Gasteiger partial charge in [-0.25, -0.2) is 9.36 Å². The van der Waals surface area contributed by atoms with Gasteiger partial charge in [0.15, 0.2) is 5.78 Å². The molecule has 0 bridgehead atoms. The van der Waals surface area contributed by atoms with Crippen LogP contribution in [0.4, 0.5) is 0 Å². The number of thioether (sulfide) groups is 1. The Hall–Kier alpha value is -3.43. The van der Waals surface area contributed by atoms with Gasteiger partial charge in [-0.2, -0.15) is 0 Å². The van der Waals surface area contributed by atoms with Crippen LogP contribution in [0.2, 0.25) is 0 Å². The molecule has 2 heterocycles. The third-order valence-electron chi connectivity index (χ3n) is 6.05. The van der Waals surface area contributed by atoms with E-state index < -0.39 is 23.8 Å². The third-order valence-corrected chi connectivity index (χ3v) is 8.26. The summed E-state index contributed by atoms with van der Waals surface area (Å²) in [6, 6.07) is 14.9. The quantitative estimate of drug-likeness (QED) is 0.244. The Morgan fingerprint density at radius 1 is 1.03 bits per heavy atom. The summed E-state index contributed by atoms with van der Waals surface area (Å²) < 4.78 is 2.29. The second-order valence-corrected chi connectivity index (χ2v) is 10.3. The number of ketones is 1. The van der Waals surface area contributed by atoms with Gasteiger partial charge in [0.1, 0.15) is 11.4 Å². The van der Waals surface area contributed by atoms with Gasteiger partial charge in [-0.15, -0.1) is 23.1 Å². The van der Waals surface area contributed by atoms with E-state index >= 15 is 0 Å². The summed E-state index contributed by atoms with van der Waals surface area (Å²) in [7, 11) is 0. The van der Waals surface area contributed by atoms with Crippen LogP contribution in [0.3, 0.4) is 0 Å². The highest BCUT2D eigenvalue weighted by Gasteiger charge is 2.22. The lowest BCUT2D eigenvalue weighted by Gasteiger charge is -2.13. The highest BCUT2D eigenvalue weighted by atomic mass is 32.2. The Balaban J connectivity index is 1.94. The Morgan fingerprint density at radius 3 is 2.36 bits per heavy atom. The number of hydrogen-bond donors (Lipinski definition) is 1. The van der Waals surface area contributed by atoms with E-state index in [0.29, 0.717) is 27.8 Å². The fourth-order valence-electron chi connectivity index (χ4n) is 4.27. The number of Topliss-reactive ketones (excluding diaryl/α,β-unsaturated/α-hetero) is 1. The minimum Gasteiger partial charge on any atom is -0.480 e. The maximum absolute atomic E-state index is 13.4. The topological polar surface area (TPSA) is 98.4 Å². The van der Waals surface area contributed by atoms with E-state index in [1.807, 2.05) is 56.5 Å². The van der Waals surface area contributed by atoms with Crippen LogP contribution in [-0.2, 0) is 17.9 Å². The molecule has 0 spiro atoms. The van der Waals surface area contributed by atoms with Gasteiger partial charge in [0.25, 0.3) is 5.56 Å². The molecule has 0 saturated carbocycles. The molecule has 2 aromatic heterocycles. The van der Waals surface area contributed by atoms with Crippen LogP contribution in [0.15, 0.2) is 63.0 Å². The van der Waals surface area contributed by atoms with Crippen molar-refractivity contribution in [3.63, 3.8) is 0 Å². The number of rotatable bonds is 9. The normalized spacial score (nSPS) is 11.2. The van der Waals surface area contributed by atoms with Crippen LogP contribution < -0.4 is 11.2 Å². The summed E-state index contributed by atoms with van der Waals surface area (Å²) in [6.07, 6.45) is 3.20. The summed E-state index contributed by atoms with van der Waals surface area (Å²) in [5, 5.41) is 9.71. The van der Waals surface area contributed by atoms with Gasteiger partial charge in [0.2, 0.25) is 0 Å². The van der Waals surface area contributed by atoms with Crippen LogP contribution in [-0.4, -0.2) is 32.2 Å². The van der Waals surface area contributed by atoms with E-state index in [0.717, 1.165) is 31.9 Å². The highest BCUT2D eigenvalue weighted by molar-refractivity contribution is 7.98. The van der Waals surface area contributed by atoms with Crippen molar-refractivity contribution in [1.82, 2.24) is 9.13 Å². The number of aromatic nitrogens is 2. The molecule has 0 amide bonds. The largest absolute Gasteiger partial charge is 0.480 e. The van der Waals surface area contributed by atoms with Gasteiger partial charge in [-0.05, 0) is 42.4 Å². The Morgan fingerprint density at radius 2 is 1.72 bits per heavy atom. The van der Waals surface area contributed by atoms with Crippen molar-refractivity contribution in [2.24, 2.45) is 0 Å². The van der Waals surface area contributed by atoms with Gasteiger partial charge in [0.05, 0.1) is 11.9 Å². The molecule has 2 aromatic carbocycles. The monoisotopic (exact) mass is 522 g/mol. The van der Waals surface area contributed by atoms with Gasteiger partial charge in [-0.1, -0.05) is 49.4 Å². The zero-order chi connectivity index (χ0) is 26.0. The van der Waals surface area contributed by atoms with Crippen molar-refractivity contribution in [3.8, 4) is 10.4 Å². The number of carboxylic acids is 1. The first-order chi connectivity index (χ1) is 17.3. The smallest absolute Gasteiger partial charge is 0.332 e. The molecule has 0 saturated heterocycles. The van der Waals surface area contributed by atoms with Crippen LogP contribution >= 0.6 is 23.1 Å². The van der Waals surface area contributed by atoms with Crippen molar-refractivity contribution in [2.75, 3.05) is 6.26 Å². The SMILES string of the molecule is CCCC(=O)c1ccc(-c2sc3c(c2C)c(=O)n(CC(=O)O)c(=O)n3Cc2ccccc2SC)cc1. The molecule has 9 heteroatoms. The summed E-state index contributed by atoms with van der Waals surface area (Å²) in [6.45, 7) is 3.26. The molecular weight excluding hydrogens is 496 g/mol. The summed E-state index contributed by atoms with van der Waals surface area (Å²) in [5.41, 5.74) is 1.78. The van der Waals surface area contributed by atoms with E-state index in [1.54, 1.807) is 23.9 Å². The maximum Gasteiger partial charge on any atom is 0.332 e. The molecule has 0 aliphatic heterocycles. The van der Waals surface area contributed by atoms with Crippen molar-refractivity contribution in [1.29, 1.82) is 0 Å². The van der Waals surface area contributed by atoms with Crippen LogP contribution in [0.1, 0.15) is 41.3 Å². The van der Waals surface area contributed by atoms with Crippen molar-refractivity contribution >= 4 is 45.1 Å². The van der Waals surface area contributed by atoms with E-state index in [4.69, 9.17) is 0 Å². The first-order valence-corrected chi connectivity index (χ1v) is 13.5. The van der Waals surface area contributed by atoms with Crippen LogP contribution in [0, 0.1) is 6.92 Å². The van der Waals surface area contributed by atoms with Gasteiger partial charge in [-0.3, -0.25) is 19.0 Å². The number of aryl methyl sites for hydroxylation is 1. The van der Waals surface area contributed by atoms with E-state index in [9.17, 15) is 24.3 Å². The molecule has 0 unspecified atom stereocenters. The number of carboxylic acid groups (broad SMARTS) is 1. The lowest BCUT2D eigenvalue weighted by atomic mass is 10.0. The molecule has 36 heavy (non-hydrogen) atoms. The second kappa shape index (κ2) is 10.7. The lowest BCUT2D eigenvalue weighted by Crippen LogP contribution is -2.41. The lowest BCUT2D eigenvalue weighted by molar-refractivity contribution is -0.137. The molecule has 0 fully saturated rings. The molecule has 1 N–H and O–H groups in total. The number of fused-ring (bicyclic) bond motifs is 1. The summed E-state index contributed by atoms with van der Waals surface area (Å²) >= 11 is 2.88. The number of carbonyl (C=O) groups is 2. The average molecular weight is 523 g/mol. The minimum atomic E-state index is -1.26. The molecule has 0 radical (unpaired) electrons. The van der Waals surface area contributed by atoms with E-state index in [1.165, 1.54) is 15.9 Å². The van der Waals surface area contributed by atoms with Crippen molar-refractivity contribution in [2.45, 2.75) is 44.7 Å². The number of aliphatic carboxylic acids is 1. The molecular formula is C27H26N2O5S2.